The minimum atomic E-state index is 0.0516. The van der Waals surface area contributed by atoms with E-state index >= 15 is 0 Å². The van der Waals surface area contributed by atoms with Crippen molar-refractivity contribution in [3.63, 3.8) is 0 Å². The summed E-state index contributed by atoms with van der Waals surface area (Å²) in [5.41, 5.74) is 2.34. The van der Waals surface area contributed by atoms with E-state index in [0.29, 0.717) is 5.92 Å². The summed E-state index contributed by atoms with van der Waals surface area (Å²) in [6.45, 7) is 1.62. The summed E-state index contributed by atoms with van der Waals surface area (Å²) in [6.07, 6.45) is 1.91. The van der Waals surface area contributed by atoms with E-state index in [1.807, 2.05) is 53.4 Å². The summed E-state index contributed by atoms with van der Waals surface area (Å²) in [6, 6.07) is 17.5. The molecule has 0 bridgehead atoms. The summed E-state index contributed by atoms with van der Waals surface area (Å²) in [4.78, 5) is 17.8. The number of H-pyrrole nitrogens is 1. The smallest absolute Gasteiger partial charge is 0.260 e. The van der Waals surface area contributed by atoms with E-state index in [-0.39, 0.29) is 12.5 Å². The van der Waals surface area contributed by atoms with Gasteiger partial charge in [-0.2, -0.15) is 0 Å². The number of halogens is 1. The lowest BCUT2D eigenvalue weighted by Gasteiger charge is -2.31. The molecule has 0 spiro atoms. The Kier molecular flexibility index (Phi) is 4.85. The molecule has 0 aliphatic carbocycles. The van der Waals surface area contributed by atoms with Crippen molar-refractivity contribution >= 4 is 28.4 Å². The summed E-state index contributed by atoms with van der Waals surface area (Å²) < 4.78 is 5.57. The van der Waals surface area contributed by atoms with Crippen LogP contribution < -0.4 is 4.74 Å². The first-order valence-electron chi connectivity index (χ1n) is 8.93. The molecule has 2 aromatic carbocycles. The van der Waals surface area contributed by atoms with E-state index in [4.69, 9.17) is 16.3 Å². The largest absolute Gasteiger partial charge is 0.484 e. The molecule has 1 fully saturated rings. The fraction of sp³-hybridized carbons (Fsp3) is 0.286. The zero-order valence-electron chi connectivity index (χ0n) is 14.5. The van der Waals surface area contributed by atoms with Crippen molar-refractivity contribution in [2.45, 2.75) is 18.8 Å². The minimum Gasteiger partial charge on any atom is -0.484 e. The van der Waals surface area contributed by atoms with Crippen molar-refractivity contribution in [2.24, 2.45) is 0 Å². The van der Waals surface area contributed by atoms with Gasteiger partial charge in [0, 0.05) is 40.6 Å². The van der Waals surface area contributed by atoms with Gasteiger partial charge in [0.15, 0.2) is 6.61 Å². The molecule has 1 aromatic heterocycles. The van der Waals surface area contributed by atoms with E-state index in [0.717, 1.165) is 47.6 Å². The fourth-order valence-electron chi connectivity index (χ4n) is 3.54. The number of fused-ring (bicyclic) bond motifs is 1. The maximum atomic E-state index is 12.4. The molecule has 3 aromatic rings. The summed E-state index contributed by atoms with van der Waals surface area (Å²) in [5, 5.41) is 1.89. The number of likely N-dealkylation sites (tertiary alicyclic amines) is 1. The zero-order chi connectivity index (χ0) is 17.9. The van der Waals surface area contributed by atoms with Crippen molar-refractivity contribution in [1.82, 2.24) is 9.88 Å². The molecular formula is C21H21ClN2O2. The summed E-state index contributed by atoms with van der Waals surface area (Å²) in [5.74, 6) is 1.23. The molecule has 1 N–H and O–H groups in total. The van der Waals surface area contributed by atoms with Gasteiger partial charge >= 0.3 is 0 Å². The second-order valence-electron chi connectivity index (χ2n) is 6.71. The SMILES string of the molecule is O=C(COc1ccccc1)N1CCC(c2cc3cc(Cl)ccc3[nH]2)CC1. The normalized spacial score (nSPS) is 15.3. The van der Waals surface area contributed by atoms with Gasteiger partial charge in [-0.1, -0.05) is 29.8 Å². The Balaban J connectivity index is 1.33. The van der Waals surface area contributed by atoms with Gasteiger partial charge in [0.2, 0.25) is 0 Å². The van der Waals surface area contributed by atoms with Crippen LogP contribution in [0.15, 0.2) is 54.6 Å². The number of rotatable bonds is 4. The second kappa shape index (κ2) is 7.42. The quantitative estimate of drug-likeness (QED) is 0.731. The van der Waals surface area contributed by atoms with Crippen LogP contribution in [0.2, 0.25) is 5.02 Å². The Labute approximate surface area is 157 Å². The van der Waals surface area contributed by atoms with Gasteiger partial charge in [0.05, 0.1) is 0 Å². The van der Waals surface area contributed by atoms with E-state index in [2.05, 4.69) is 11.1 Å². The molecule has 1 aliphatic rings. The van der Waals surface area contributed by atoms with Gasteiger partial charge < -0.3 is 14.6 Å². The number of hydrogen-bond donors (Lipinski definition) is 1. The highest BCUT2D eigenvalue weighted by molar-refractivity contribution is 6.31. The minimum absolute atomic E-state index is 0.0516. The van der Waals surface area contributed by atoms with Crippen LogP contribution in [0.4, 0.5) is 0 Å². The molecular weight excluding hydrogens is 348 g/mol. The lowest BCUT2D eigenvalue weighted by atomic mass is 9.93. The number of carbonyl (C=O) groups excluding carboxylic acids is 1. The average molecular weight is 369 g/mol. The number of para-hydroxylation sites is 1. The molecule has 5 heteroatoms. The third-order valence-corrected chi connectivity index (χ3v) is 5.23. The first-order valence-corrected chi connectivity index (χ1v) is 9.30. The first kappa shape index (κ1) is 17.0. The van der Waals surface area contributed by atoms with Crippen LogP contribution in [0.25, 0.3) is 10.9 Å². The Bertz CT molecular complexity index is 899. The third kappa shape index (κ3) is 3.70. The van der Waals surface area contributed by atoms with E-state index < -0.39 is 0 Å². The number of aromatic nitrogens is 1. The average Bonchev–Trinajstić information content (AvgIpc) is 3.10. The molecule has 0 unspecified atom stereocenters. The van der Waals surface area contributed by atoms with E-state index in [1.54, 1.807) is 0 Å². The maximum Gasteiger partial charge on any atom is 0.260 e. The topological polar surface area (TPSA) is 45.3 Å². The lowest BCUT2D eigenvalue weighted by molar-refractivity contribution is -0.134. The van der Waals surface area contributed by atoms with Gasteiger partial charge in [-0.3, -0.25) is 4.79 Å². The predicted molar refractivity (Wildman–Crippen MR) is 104 cm³/mol. The molecule has 2 heterocycles. The zero-order valence-corrected chi connectivity index (χ0v) is 15.2. The second-order valence-corrected chi connectivity index (χ2v) is 7.15. The molecule has 1 amide bonds. The molecule has 1 saturated heterocycles. The van der Waals surface area contributed by atoms with E-state index in [9.17, 15) is 4.79 Å². The van der Waals surface area contributed by atoms with Gasteiger partial charge in [-0.15, -0.1) is 0 Å². The van der Waals surface area contributed by atoms with Crippen molar-refractivity contribution in [3.05, 3.63) is 65.3 Å². The van der Waals surface area contributed by atoms with Gasteiger partial charge in [-0.25, -0.2) is 0 Å². The summed E-state index contributed by atoms with van der Waals surface area (Å²) in [7, 11) is 0. The number of ether oxygens (including phenoxy) is 1. The Morgan fingerprint density at radius 1 is 1.12 bits per heavy atom. The van der Waals surface area contributed by atoms with Crippen LogP contribution in [0, 0.1) is 0 Å². The molecule has 4 nitrogen and oxygen atoms in total. The molecule has 1 aliphatic heterocycles. The highest BCUT2D eigenvalue weighted by Crippen LogP contribution is 2.30. The van der Waals surface area contributed by atoms with Gasteiger partial charge in [0.25, 0.3) is 5.91 Å². The number of nitrogens with zero attached hydrogens (tertiary/aromatic N) is 1. The van der Waals surface area contributed by atoms with Crippen molar-refractivity contribution in [3.8, 4) is 5.75 Å². The van der Waals surface area contributed by atoms with Crippen LogP contribution in [0.3, 0.4) is 0 Å². The van der Waals surface area contributed by atoms with Gasteiger partial charge in [0.1, 0.15) is 5.75 Å². The molecule has 0 radical (unpaired) electrons. The number of hydrogen-bond acceptors (Lipinski definition) is 2. The molecule has 0 atom stereocenters. The first-order chi connectivity index (χ1) is 12.7. The van der Waals surface area contributed by atoms with Crippen LogP contribution in [0.1, 0.15) is 24.5 Å². The number of carbonyl (C=O) groups is 1. The van der Waals surface area contributed by atoms with Crippen LogP contribution in [0.5, 0.6) is 5.75 Å². The number of piperidine rings is 1. The molecule has 134 valence electrons. The predicted octanol–water partition coefficient (Wildman–Crippen LogP) is 4.61. The Morgan fingerprint density at radius 3 is 2.65 bits per heavy atom. The van der Waals surface area contributed by atoms with Gasteiger partial charge in [-0.05, 0) is 49.2 Å². The molecule has 4 rings (SSSR count). The third-order valence-electron chi connectivity index (χ3n) is 5.00. The molecule has 0 saturated carbocycles. The number of nitrogens with one attached hydrogen (secondary N) is 1. The van der Waals surface area contributed by atoms with E-state index in [1.165, 1.54) is 5.69 Å². The van der Waals surface area contributed by atoms with Crippen molar-refractivity contribution in [2.75, 3.05) is 19.7 Å². The Morgan fingerprint density at radius 2 is 1.88 bits per heavy atom. The van der Waals surface area contributed by atoms with Crippen LogP contribution >= 0.6 is 11.6 Å². The standard InChI is InChI=1S/C21H21ClN2O2/c22-17-6-7-19-16(12-17)13-20(23-19)15-8-10-24(11-9-15)21(25)14-26-18-4-2-1-3-5-18/h1-7,12-13,15,23H,8-11,14H2. The fourth-order valence-corrected chi connectivity index (χ4v) is 3.72. The maximum absolute atomic E-state index is 12.4. The number of benzene rings is 2. The molecule has 26 heavy (non-hydrogen) atoms. The number of amides is 1. The lowest BCUT2D eigenvalue weighted by Crippen LogP contribution is -2.40. The highest BCUT2D eigenvalue weighted by atomic mass is 35.5. The van der Waals surface area contributed by atoms with Crippen molar-refractivity contribution < 1.29 is 9.53 Å². The van der Waals surface area contributed by atoms with Crippen molar-refractivity contribution in [1.29, 1.82) is 0 Å². The highest BCUT2D eigenvalue weighted by Gasteiger charge is 2.25. The van der Waals surface area contributed by atoms with Crippen LogP contribution in [-0.2, 0) is 4.79 Å². The Hall–Kier alpha value is -2.46. The number of aromatic amines is 1. The van der Waals surface area contributed by atoms with Crippen LogP contribution in [-0.4, -0.2) is 35.5 Å². The summed E-state index contributed by atoms with van der Waals surface area (Å²) >= 11 is 6.07. The monoisotopic (exact) mass is 368 g/mol.